The zero-order valence-electron chi connectivity index (χ0n) is 18.0. The number of amides is 1. The number of hydrogen-bond donors (Lipinski definition) is 1. The fourth-order valence-electron chi connectivity index (χ4n) is 4.03. The standard InChI is InChI=1S/C25H34N2O2/c1-4-24(29-23-15-19(2)14-20(3)16-23)25(28)26-17-21-10-6-7-11-22(21)18-27-12-8-5-9-13-27/h6-7,10-11,14-16,24H,4-5,8-9,12-13,17-18H2,1-3H3,(H,26,28)/t24-/m0/s1. The number of piperidine rings is 1. The maximum atomic E-state index is 12.8. The molecule has 1 amide bonds. The van der Waals surface area contributed by atoms with Crippen molar-refractivity contribution in [2.45, 2.75) is 65.6 Å². The molecule has 2 aromatic rings. The van der Waals surface area contributed by atoms with Crippen LogP contribution in [0.4, 0.5) is 0 Å². The van der Waals surface area contributed by atoms with Crippen molar-refractivity contribution in [2.24, 2.45) is 0 Å². The number of rotatable bonds is 8. The monoisotopic (exact) mass is 394 g/mol. The van der Waals surface area contributed by atoms with Crippen LogP contribution in [0.1, 0.15) is 54.9 Å². The van der Waals surface area contributed by atoms with E-state index < -0.39 is 6.10 Å². The summed E-state index contributed by atoms with van der Waals surface area (Å²) < 4.78 is 6.01. The van der Waals surface area contributed by atoms with Gasteiger partial charge in [0.25, 0.3) is 5.91 Å². The fraction of sp³-hybridized carbons (Fsp3) is 0.480. The third kappa shape index (κ3) is 6.33. The number of carbonyl (C=O) groups is 1. The molecule has 1 heterocycles. The van der Waals surface area contributed by atoms with Crippen LogP contribution < -0.4 is 10.1 Å². The van der Waals surface area contributed by atoms with Gasteiger partial charge in [0.2, 0.25) is 0 Å². The number of nitrogens with zero attached hydrogens (tertiary/aromatic N) is 1. The maximum absolute atomic E-state index is 12.8. The molecule has 1 saturated heterocycles. The zero-order valence-corrected chi connectivity index (χ0v) is 18.0. The quantitative estimate of drug-likeness (QED) is 0.702. The van der Waals surface area contributed by atoms with E-state index in [1.165, 1.54) is 43.5 Å². The number of ether oxygens (including phenoxy) is 1. The topological polar surface area (TPSA) is 41.6 Å². The molecule has 0 spiro atoms. The second kappa shape index (κ2) is 10.4. The molecule has 3 rings (SSSR count). The minimum atomic E-state index is -0.481. The Hall–Kier alpha value is -2.33. The van der Waals surface area contributed by atoms with E-state index >= 15 is 0 Å². The summed E-state index contributed by atoms with van der Waals surface area (Å²) in [6, 6.07) is 14.5. The Kier molecular flexibility index (Phi) is 7.70. The summed E-state index contributed by atoms with van der Waals surface area (Å²) in [6.07, 6.45) is 4.06. The lowest BCUT2D eigenvalue weighted by atomic mass is 10.0. The molecule has 1 atom stereocenters. The van der Waals surface area contributed by atoms with Crippen LogP contribution >= 0.6 is 0 Å². The van der Waals surface area contributed by atoms with Gasteiger partial charge < -0.3 is 10.1 Å². The van der Waals surface area contributed by atoms with Crippen LogP contribution in [0, 0.1) is 13.8 Å². The lowest BCUT2D eigenvalue weighted by Gasteiger charge is -2.27. The van der Waals surface area contributed by atoms with Crippen LogP contribution in [0.3, 0.4) is 0 Å². The lowest BCUT2D eigenvalue weighted by molar-refractivity contribution is -0.128. The number of carbonyl (C=O) groups excluding carboxylic acids is 1. The molecule has 156 valence electrons. The third-order valence-electron chi connectivity index (χ3n) is 5.55. The van der Waals surface area contributed by atoms with E-state index in [9.17, 15) is 4.79 Å². The summed E-state index contributed by atoms with van der Waals surface area (Å²) in [5.74, 6) is 0.703. The fourth-order valence-corrected chi connectivity index (χ4v) is 4.03. The van der Waals surface area contributed by atoms with Crippen molar-refractivity contribution in [3.63, 3.8) is 0 Å². The number of benzene rings is 2. The molecule has 0 saturated carbocycles. The molecule has 0 aromatic heterocycles. The van der Waals surface area contributed by atoms with E-state index in [2.05, 4.69) is 34.5 Å². The van der Waals surface area contributed by atoms with E-state index in [4.69, 9.17) is 4.74 Å². The zero-order chi connectivity index (χ0) is 20.6. The average molecular weight is 395 g/mol. The minimum Gasteiger partial charge on any atom is -0.481 e. The first-order valence-corrected chi connectivity index (χ1v) is 10.9. The highest BCUT2D eigenvalue weighted by molar-refractivity contribution is 5.81. The molecule has 0 aliphatic carbocycles. The first-order chi connectivity index (χ1) is 14.0. The summed E-state index contributed by atoms with van der Waals surface area (Å²) in [6.45, 7) is 9.90. The van der Waals surface area contributed by atoms with E-state index in [0.717, 1.165) is 23.4 Å². The Balaban J connectivity index is 1.60. The highest BCUT2D eigenvalue weighted by Crippen LogP contribution is 2.19. The van der Waals surface area contributed by atoms with E-state index in [0.29, 0.717) is 13.0 Å². The number of nitrogens with one attached hydrogen (secondary N) is 1. The highest BCUT2D eigenvalue weighted by Gasteiger charge is 2.19. The van der Waals surface area contributed by atoms with Gasteiger partial charge in [0.15, 0.2) is 6.10 Å². The Morgan fingerprint density at radius 1 is 1.03 bits per heavy atom. The van der Waals surface area contributed by atoms with Gasteiger partial charge >= 0.3 is 0 Å². The maximum Gasteiger partial charge on any atom is 0.261 e. The van der Waals surface area contributed by atoms with Crippen LogP contribution in [-0.2, 0) is 17.9 Å². The minimum absolute atomic E-state index is 0.0561. The molecule has 1 fully saturated rings. The Labute approximate surface area is 175 Å². The first kappa shape index (κ1) is 21.4. The Morgan fingerprint density at radius 2 is 1.69 bits per heavy atom. The SMILES string of the molecule is CC[C@H](Oc1cc(C)cc(C)c1)C(=O)NCc1ccccc1CN1CCCCC1. The van der Waals surface area contributed by atoms with Gasteiger partial charge in [-0.25, -0.2) is 0 Å². The molecule has 29 heavy (non-hydrogen) atoms. The Morgan fingerprint density at radius 3 is 2.34 bits per heavy atom. The van der Waals surface area contributed by atoms with Crippen molar-refractivity contribution in [2.75, 3.05) is 13.1 Å². The molecule has 1 aliphatic heterocycles. The third-order valence-corrected chi connectivity index (χ3v) is 5.55. The van der Waals surface area contributed by atoms with Crippen molar-refractivity contribution in [1.82, 2.24) is 10.2 Å². The smallest absolute Gasteiger partial charge is 0.261 e. The second-order valence-electron chi connectivity index (χ2n) is 8.16. The molecular weight excluding hydrogens is 360 g/mol. The van der Waals surface area contributed by atoms with Gasteiger partial charge in [-0.3, -0.25) is 9.69 Å². The van der Waals surface area contributed by atoms with Crippen molar-refractivity contribution in [3.8, 4) is 5.75 Å². The van der Waals surface area contributed by atoms with Crippen LogP contribution in [-0.4, -0.2) is 30.0 Å². The van der Waals surface area contributed by atoms with Crippen molar-refractivity contribution in [3.05, 3.63) is 64.7 Å². The summed E-state index contributed by atoms with van der Waals surface area (Å²) in [5, 5.41) is 3.09. The molecule has 4 nitrogen and oxygen atoms in total. The largest absolute Gasteiger partial charge is 0.481 e. The normalized spacial score (nSPS) is 15.7. The van der Waals surface area contributed by atoms with Gasteiger partial charge in [-0.1, -0.05) is 43.7 Å². The average Bonchev–Trinajstić information content (AvgIpc) is 2.71. The van der Waals surface area contributed by atoms with E-state index in [1.54, 1.807) is 0 Å². The van der Waals surface area contributed by atoms with E-state index in [-0.39, 0.29) is 5.91 Å². The molecule has 0 bridgehead atoms. The van der Waals surface area contributed by atoms with Crippen molar-refractivity contribution >= 4 is 5.91 Å². The summed E-state index contributed by atoms with van der Waals surface area (Å²) in [4.78, 5) is 15.3. The molecular formula is C25H34N2O2. The summed E-state index contributed by atoms with van der Waals surface area (Å²) in [5.41, 5.74) is 4.77. The van der Waals surface area contributed by atoms with E-state index in [1.807, 2.05) is 39.0 Å². The molecule has 2 aromatic carbocycles. The lowest BCUT2D eigenvalue weighted by Crippen LogP contribution is -2.38. The number of likely N-dealkylation sites (tertiary alicyclic amines) is 1. The Bertz CT molecular complexity index is 792. The number of aryl methyl sites for hydroxylation is 2. The second-order valence-corrected chi connectivity index (χ2v) is 8.16. The van der Waals surface area contributed by atoms with Gasteiger partial charge in [-0.2, -0.15) is 0 Å². The first-order valence-electron chi connectivity index (χ1n) is 10.9. The van der Waals surface area contributed by atoms with Crippen molar-refractivity contribution < 1.29 is 9.53 Å². The summed E-state index contributed by atoms with van der Waals surface area (Å²) >= 11 is 0. The molecule has 0 unspecified atom stereocenters. The van der Waals surface area contributed by atoms with Gasteiger partial charge in [-0.05, 0) is 80.6 Å². The molecule has 1 N–H and O–H groups in total. The van der Waals surface area contributed by atoms with Gasteiger partial charge in [0.1, 0.15) is 5.75 Å². The molecule has 0 radical (unpaired) electrons. The predicted octanol–water partition coefficient (Wildman–Crippen LogP) is 4.76. The van der Waals surface area contributed by atoms with Crippen LogP contribution in [0.5, 0.6) is 5.75 Å². The van der Waals surface area contributed by atoms with Crippen LogP contribution in [0.25, 0.3) is 0 Å². The number of hydrogen-bond acceptors (Lipinski definition) is 3. The highest BCUT2D eigenvalue weighted by atomic mass is 16.5. The molecule has 1 aliphatic rings. The van der Waals surface area contributed by atoms with Crippen LogP contribution in [0.2, 0.25) is 0 Å². The predicted molar refractivity (Wildman–Crippen MR) is 118 cm³/mol. The van der Waals surface area contributed by atoms with Crippen LogP contribution in [0.15, 0.2) is 42.5 Å². The van der Waals surface area contributed by atoms with Gasteiger partial charge in [0, 0.05) is 13.1 Å². The summed E-state index contributed by atoms with van der Waals surface area (Å²) in [7, 11) is 0. The molecule has 4 heteroatoms. The van der Waals surface area contributed by atoms with Gasteiger partial charge in [0.05, 0.1) is 0 Å². The van der Waals surface area contributed by atoms with Crippen molar-refractivity contribution in [1.29, 1.82) is 0 Å². The van der Waals surface area contributed by atoms with Gasteiger partial charge in [-0.15, -0.1) is 0 Å².